The summed E-state index contributed by atoms with van der Waals surface area (Å²) < 4.78 is 0. The van der Waals surface area contributed by atoms with Gasteiger partial charge in [0.05, 0.1) is 6.04 Å². The summed E-state index contributed by atoms with van der Waals surface area (Å²) in [7, 11) is 0. The average molecular weight is 161 g/mol. The van der Waals surface area contributed by atoms with Crippen molar-refractivity contribution < 1.29 is 4.79 Å². The first-order valence-electron chi connectivity index (χ1n) is 4.14. The van der Waals surface area contributed by atoms with Crippen molar-refractivity contribution in [3.63, 3.8) is 0 Å². The Morgan fingerprint density at radius 1 is 1.42 bits per heavy atom. The molecule has 12 heavy (non-hydrogen) atoms. The van der Waals surface area contributed by atoms with Gasteiger partial charge in [-0.2, -0.15) is 0 Å². The summed E-state index contributed by atoms with van der Waals surface area (Å²) in [5.74, 6) is 0.272. The van der Waals surface area contributed by atoms with Crippen LogP contribution in [0.3, 0.4) is 0 Å². The predicted molar refractivity (Wildman–Crippen MR) is 48.2 cm³/mol. The molecule has 0 saturated heterocycles. The third-order valence-electron chi connectivity index (χ3n) is 2.24. The van der Waals surface area contributed by atoms with Crippen LogP contribution in [0, 0.1) is 0 Å². The molecule has 2 heteroatoms. The minimum atomic E-state index is -0.0279. The van der Waals surface area contributed by atoms with Gasteiger partial charge in [0.1, 0.15) is 0 Å². The zero-order chi connectivity index (χ0) is 8.55. The fourth-order valence-electron chi connectivity index (χ4n) is 1.47. The number of hydrogen-bond acceptors (Lipinski definition) is 2. The molecule has 0 spiro atoms. The number of fused-ring (bicyclic) bond motifs is 1. The van der Waals surface area contributed by atoms with E-state index in [1.54, 1.807) is 0 Å². The van der Waals surface area contributed by atoms with Crippen LogP contribution in [0.4, 0.5) is 5.69 Å². The minimum Gasteiger partial charge on any atom is -0.375 e. The molecule has 62 valence electrons. The molecule has 0 saturated carbocycles. The van der Waals surface area contributed by atoms with E-state index in [4.69, 9.17) is 0 Å². The van der Waals surface area contributed by atoms with Crippen molar-refractivity contribution in [3.8, 4) is 0 Å². The Balaban J connectivity index is 2.40. The molecule has 1 heterocycles. The second kappa shape index (κ2) is 2.63. The van der Waals surface area contributed by atoms with E-state index in [-0.39, 0.29) is 11.8 Å². The van der Waals surface area contributed by atoms with Crippen LogP contribution in [0.2, 0.25) is 0 Å². The lowest BCUT2D eigenvalue weighted by Crippen LogP contribution is -2.32. The van der Waals surface area contributed by atoms with Gasteiger partial charge < -0.3 is 5.32 Å². The molecule has 1 aromatic rings. The van der Waals surface area contributed by atoms with Gasteiger partial charge in [-0.1, -0.05) is 18.2 Å². The Bertz CT molecular complexity index is 319. The fourth-order valence-corrected chi connectivity index (χ4v) is 1.47. The Morgan fingerprint density at radius 2 is 2.17 bits per heavy atom. The molecule has 2 rings (SSSR count). The predicted octanol–water partition coefficient (Wildman–Crippen LogP) is 1.61. The van der Waals surface area contributed by atoms with E-state index in [0.29, 0.717) is 6.42 Å². The number of anilines is 1. The van der Waals surface area contributed by atoms with Gasteiger partial charge in [-0.05, 0) is 18.6 Å². The van der Waals surface area contributed by atoms with Crippen molar-refractivity contribution >= 4 is 11.5 Å². The van der Waals surface area contributed by atoms with E-state index in [0.717, 1.165) is 11.3 Å². The van der Waals surface area contributed by atoms with Crippen LogP contribution < -0.4 is 5.32 Å². The second-order valence-corrected chi connectivity index (χ2v) is 3.17. The van der Waals surface area contributed by atoms with Crippen molar-refractivity contribution in [2.45, 2.75) is 19.4 Å². The lowest BCUT2D eigenvalue weighted by atomic mass is 9.98. The third-order valence-corrected chi connectivity index (χ3v) is 2.24. The summed E-state index contributed by atoms with van der Waals surface area (Å²) >= 11 is 0. The van der Waals surface area contributed by atoms with Gasteiger partial charge in [-0.25, -0.2) is 0 Å². The molecule has 0 aliphatic carbocycles. The first-order chi connectivity index (χ1) is 5.77. The maximum Gasteiger partial charge on any atom is 0.159 e. The van der Waals surface area contributed by atoms with E-state index in [1.165, 1.54) is 0 Å². The van der Waals surface area contributed by atoms with E-state index in [2.05, 4.69) is 5.32 Å². The molecule has 1 N–H and O–H groups in total. The maximum absolute atomic E-state index is 11.3. The SMILES string of the molecule is C[C@H]1Nc2ccccc2CC1=O. The average Bonchev–Trinajstić information content (AvgIpc) is 2.07. The summed E-state index contributed by atoms with van der Waals surface area (Å²) in [6.07, 6.45) is 0.574. The summed E-state index contributed by atoms with van der Waals surface area (Å²) in [5, 5.41) is 3.16. The van der Waals surface area contributed by atoms with Crippen LogP contribution in [-0.2, 0) is 11.2 Å². The molecule has 0 unspecified atom stereocenters. The molecule has 0 radical (unpaired) electrons. The fraction of sp³-hybridized carbons (Fsp3) is 0.300. The number of hydrogen-bond donors (Lipinski definition) is 1. The van der Waals surface area contributed by atoms with Crippen LogP contribution in [-0.4, -0.2) is 11.8 Å². The van der Waals surface area contributed by atoms with Crippen molar-refractivity contribution in [2.75, 3.05) is 5.32 Å². The van der Waals surface area contributed by atoms with Gasteiger partial charge in [-0.3, -0.25) is 4.79 Å². The molecule has 0 bridgehead atoms. The molecule has 1 aromatic carbocycles. The highest BCUT2D eigenvalue weighted by atomic mass is 16.1. The Kier molecular flexibility index (Phi) is 1.61. The summed E-state index contributed by atoms with van der Waals surface area (Å²) in [6.45, 7) is 1.90. The van der Waals surface area contributed by atoms with Gasteiger partial charge in [0.2, 0.25) is 0 Å². The number of para-hydroxylation sites is 1. The number of carbonyl (C=O) groups excluding carboxylic acids is 1. The molecule has 0 amide bonds. The lowest BCUT2D eigenvalue weighted by molar-refractivity contribution is -0.119. The van der Waals surface area contributed by atoms with E-state index in [9.17, 15) is 4.79 Å². The molecular weight excluding hydrogens is 150 g/mol. The Labute approximate surface area is 71.6 Å². The molecule has 1 aliphatic rings. The number of rotatable bonds is 0. The van der Waals surface area contributed by atoms with Crippen LogP contribution in [0.5, 0.6) is 0 Å². The smallest absolute Gasteiger partial charge is 0.159 e. The summed E-state index contributed by atoms with van der Waals surface area (Å²) in [5.41, 5.74) is 2.21. The van der Waals surface area contributed by atoms with E-state index in [1.807, 2.05) is 31.2 Å². The Hall–Kier alpha value is -1.31. The Morgan fingerprint density at radius 3 is 3.00 bits per heavy atom. The molecular formula is C10H11NO. The largest absolute Gasteiger partial charge is 0.375 e. The van der Waals surface area contributed by atoms with Crippen LogP contribution in [0.15, 0.2) is 24.3 Å². The van der Waals surface area contributed by atoms with Crippen LogP contribution in [0.25, 0.3) is 0 Å². The molecule has 0 aromatic heterocycles. The molecule has 0 fully saturated rings. The highest BCUT2D eigenvalue weighted by Crippen LogP contribution is 2.21. The highest BCUT2D eigenvalue weighted by Gasteiger charge is 2.20. The van der Waals surface area contributed by atoms with Gasteiger partial charge in [0.15, 0.2) is 5.78 Å². The van der Waals surface area contributed by atoms with Gasteiger partial charge >= 0.3 is 0 Å². The van der Waals surface area contributed by atoms with Crippen molar-refractivity contribution in [3.05, 3.63) is 29.8 Å². The first kappa shape index (κ1) is 7.35. The number of carbonyl (C=O) groups is 1. The zero-order valence-corrected chi connectivity index (χ0v) is 7.00. The van der Waals surface area contributed by atoms with Crippen LogP contribution >= 0.6 is 0 Å². The van der Waals surface area contributed by atoms with Crippen molar-refractivity contribution in [2.24, 2.45) is 0 Å². The van der Waals surface area contributed by atoms with Crippen molar-refractivity contribution in [1.29, 1.82) is 0 Å². The summed E-state index contributed by atoms with van der Waals surface area (Å²) in [6, 6.07) is 7.92. The van der Waals surface area contributed by atoms with Crippen molar-refractivity contribution in [1.82, 2.24) is 0 Å². The second-order valence-electron chi connectivity index (χ2n) is 3.17. The maximum atomic E-state index is 11.3. The van der Waals surface area contributed by atoms with E-state index < -0.39 is 0 Å². The van der Waals surface area contributed by atoms with Gasteiger partial charge in [0.25, 0.3) is 0 Å². The third kappa shape index (κ3) is 1.09. The molecule has 1 atom stereocenters. The van der Waals surface area contributed by atoms with E-state index >= 15 is 0 Å². The number of benzene rings is 1. The standard InChI is InChI=1S/C10H11NO/c1-7-10(12)6-8-4-2-3-5-9(8)11-7/h2-5,7,11H,6H2,1H3/t7-/m1/s1. The number of nitrogens with one attached hydrogen (secondary N) is 1. The highest BCUT2D eigenvalue weighted by molar-refractivity contribution is 5.92. The first-order valence-corrected chi connectivity index (χ1v) is 4.14. The topological polar surface area (TPSA) is 29.1 Å². The lowest BCUT2D eigenvalue weighted by Gasteiger charge is -2.22. The normalized spacial score (nSPS) is 21.4. The number of ketones is 1. The monoisotopic (exact) mass is 161 g/mol. The summed E-state index contributed by atoms with van der Waals surface area (Å²) in [4.78, 5) is 11.3. The van der Waals surface area contributed by atoms with Gasteiger partial charge in [-0.15, -0.1) is 0 Å². The molecule has 1 aliphatic heterocycles. The van der Waals surface area contributed by atoms with Crippen LogP contribution in [0.1, 0.15) is 12.5 Å². The molecule has 2 nitrogen and oxygen atoms in total. The minimum absolute atomic E-state index is 0.0279. The zero-order valence-electron chi connectivity index (χ0n) is 7.00. The quantitative estimate of drug-likeness (QED) is 0.626. The number of Topliss-reactive ketones (excluding diaryl/α,β-unsaturated/α-hetero) is 1. The van der Waals surface area contributed by atoms with Gasteiger partial charge in [0, 0.05) is 12.1 Å².